The highest BCUT2D eigenvalue weighted by atomic mass is 31.2. The Hall–Kier alpha value is -2.68. The number of carbonyl (C=O) groups excluding carboxylic acids is 1. The summed E-state index contributed by atoms with van der Waals surface area (Å²) in [6.45, 7) is -0.661. The van der Waals surface area contributed by atoms with Crippen molar-refractivity contribution in [3.63, 3.8) is 0 Å². The minimum absolute atomic E-state index is 0.0221. The van der Waals surface area contributed by atoms with Gasteiger partial charge in [-0.2, -0.15) is 0 Å². The van der Waals surface area contributed by atoms with E-state index in [1.54, 1.807) is 0 Å². The number of carboxylic acid groups (broad SMARTS) is 1. The molecule has 2 aromatic heterocycles. The normalized spacial score (nSPS) is 22.5. The Kier molecular flexibility index (Phi) is 6.54. The van der Waals surface area contributed by atoms with E-state index in [-0.39, 0.29) is 23.3 Å². The number of hydrogen-bond donors (Lipinski definition) is 6. The third kappa shape index (κ3) is 4.98. The van der Waals surface area contributed by atoms with Gasteiger partial charge in [-0.25, -0.2) is 24.2 Å². The largest absolute Gasteiger partial charge is 0.481 e. The summed E-state index contributed by atoms with van der Waals surface area (Å²) >= 11 is 0. The zero-order chi connectivity index (χ0) is 22.9. The predicted octanol–water partition coefficient (Wildman–Crippen LogP) is -1.83. The molecule has 1 aliphatic rings. The SMILES string of the molecule is Nc1ncnc2c1ncn2[C@H]1CC(O)[C@@H](CN(C(=O)[C@@H](N)CCC(=O)O)P(=O)(O)O)O1. The number of imidazole rings is 1. The molecule has 170 valence electrons. The van der Waals surface area contributed by atoms with Crippen LogP contribution in [0.4, 0.5) is 5.82 Å². The Morgan fingerprint density at radius 1 is 1.35 bits per heavy atom. The first-order chi connectivity index (χ1) is 14.5. The molecule has 0 aromatic carbocycles. The molecule has 1 fully saturated rings. The first-order valence-corrected chi connectivity index (χ1v) is 10.7. The number of anilines is 1. The molecule has 3 rings (SSSR count). The smallest absolute Gasteiger partial charge is 0.432 e. The number of fused-ring (bicyclic) bond motifs is 1. The fraction of sp³-hybridized carbons (Fsp3) is 0.533. The number of rotatable bonds is 8. The lowest BCUT2D eigenvalue weighted by Crippen LogP contribution is -2.46. The van der Waals surface area contributed by atoms with Crippen molar-refractivity contribution in [2.75, 3.05) is 12.3 Å². The van der Waals surface area contributed by atoms with Crippen molar-refractivity contribution in [1.82, 2.24) is 24.2 Å². The molecule has 0 spiro atoms. The van der Waals surface area contributed by atoms with Gasteiger partial charge in [0.25, 0.3) is 0 Å². The predicted molar refractivity (Wildman–Crippen MR) is 103 cm³/mol. The van der Waals surface area contributed by atoms with Crippen molar-refractivity contribution in [3.8, 4) is 0 Å². The summed E-state index contributed by atoms with van der Waals surface area (Å²) in [5, 5.41) is 19.1. The first-order valence-electron chi connectivity index (χ1n) is 9.10. The van der Waals surface area contributed by atoms with Crippen molar-refractivity contribution in [3.05, 3.63) is 12.7 Å². The highest BCUT2D eigenvalue weighted by Crippen LogP contribution is 2.42. The van der Waals surface area contributed by atoms with E-state index in [9.17, 15) is 29.0 Å². The Bertz CT molecular complexity index is 1030. The number of ether oxygens (including phenoxy) is 1. The summed E-state index contributed by atoms with van der Waals surface area (Å²) in [6, 6.07) is -1.45. The summed E-state index contributed by atoms with van der Waals surface area (Å²) in [5.74, 6) is -2.21. The molecule has 0 saturated carbocycles. The second-order valence-electron chi connectivity index (χ2n) is 6.99. The van der Waals surface area contributed by atoms with Crippen molar-refractivity contribution >= 4 is 36.6 Å². The topological polar surface area (TPSA) is 240 Å². The second-order valence-corrected chi connectivity index (χ2v) is 8.50. The van der Waals surface area contributed by atoms with E-state index < -0.39 is 57.1 Å². The maximum atomic E-state index is 12.5. The number of carboxylic acids is 1. The van der Waals surface area contributed by atoms with Crippen LogP contribution in [0.25, 0.3) is 11.2 Å². The molecule has 1 amide bonds. The van der Waals surface area contributed by atoms with E-state index in [2.05, 4.69) is 15.0 Å². The van der Waals surface area contributed by atoms with E-state index in [1.807, 2.05) is 0 Å². The number of nitrogens with zero attached hydrogens (tertiary/aromatic N) is 5. The quantitative estimate of drug-likeness (QED) is 0.238. The highest BCUT2D eigenvalue weighted by Gasteiger charge is 2.42. The van der Waals surface area contributed by atoms with E-state index in [4.69, 9.17) is 21.3 Å². The maximum Gasteiger partial charge on any atom is 0.432 e. The van der Waals surface area contributed by atoms with Crippen LogP contribution in [0.15, 0.2) is 12.7 Å². The number of aliphatic hydroxyl groups is 1. The molecule has 4 atom stereocenters. The highest BCUT2D eigenvalue weighted by molar-refractivity contribution is 7.49. The van der Waals surface area contributed by atoms with E-state index >= 15 is 0 Å². The minimum atomic E-state index is -5.13. The monoisotopic (exact) mass is 459 g/mol. The van der Waals surface area contributed by atoms with Crippen LogP contribution in [0.2, 0.25) is 0 Å². The van der Waals surface area contributed by atoms with Crippen molar-refractivity contribution in [1.29, 1.82) is 0 Å². The molecule has 0 radical (unpaired) electrons. The molecule has 15 nitrogen and oxygen atoms in total. The number of nitrogen functional groups attached to an aromatic ring is 1. The third-order valence-corrected chi connectivity index (χ3v) is 5.80. The van der Waals surface area contributed by atoms with Crippen LogP contribution in [-0.4, -0.2) is 80.9 Å². The van der Waals surface area contributed by atoms with Crippen molar-refractivity contribution in [2.45, 2.75) is 43.7 Å². The zero-order valence-electron chi connectivity index (χ0n) is 16.1. The van der Waals surface area contributed by atoms with E-state index in [0.29, 0.717) is 11.2 Å². The van der Waals surface area contributed by atoms with Crippen LogP contribution in [0.1, 0.15) is 25.5 Å². The van der Waals surface area contributed by atoms with Crippen LogP contribution >= 0.6 is 7.75 Å². The van der Waals surface area contributed by atoms with Gasteiger partial charge in [-0.05, 0) is 6.42 Å². The fourth-order valence-corrected chi connectivity index (χ4v) is 4.00. The summed E-state index contributed by atoms with van der Waals surface area (Å²) in [4.78, 5) is 54.3. The average molecular weight is 459 g/mol. The lowest BCUT2D eigenvalue weighted by atomic mass is 10.1. The molecular weight excluding hydrogens is 437 g/mol. The average Bonchev–Trinajstić information content (AvgIpc) is 3.27. The van der Waals surface area contributed by atoms with Crippen LogP contribution < -0.4 is 11.5 Å². The molecular formula is C15H22N7O8P. The van der Waals surface area contributed by atoms with Gasteiger partial charge in [0.1, 0.15) is 24.2 Å². The Morgan fingerprint density at radius 3 is 2.71 bits per heavy atom. The molecule has 1 saturated heterocycles. The molecule has 8 N–H and O–H groups in total. The van der Waals surface area contributed by atoms with Crippen LogP contribution in [0.5, 0.6) is 0 Å². The fourth-order valence-electron chi connectivity index (χ4n) is 3.22. The molecule has 0 aliphatic carbocycles. The van der Waals surface area contributed by atoms with Gasteiger partial charge >= 0.3 is 13.7 Å². The molecule has 31 heavy (non-hydrogen) atoms. The van der Waals surface area contributed by atoms with Gasteiger partial charge in [-0.1, -0.05) is 0 Å². The zero-order valence-corrected chi connectivity index (χ0v) is 16.9. The van der Waals surface area contributed by atoms with Crippen LogP contribution in [0.3, 0.4) is 0 Å². The third-order valence-electron chi connectivity index (χ3n) is 4.81. The van der Waals surface area contributed by atoms with Gasteiger partial charge in [0.2, 0.25) is 5.91 Å². The lowest BCUT2D eigenvalue weighted by Gasteiger charge is -2.29. The van der Waals surface area contributed by atoms with Gasteiger partial charge in [-0.3, -0.25) is 14.2 Å². The Labute approximate surface area is 174 Å². The number of nitrogens with two attached hydrogens (primary N) is 2. The van der Waals surface area contributed by atoms with Gasteiger partial charge in [0, 0.05) is 12.8 Å². The van der Waals surface area contributed by atoms with Crippen molar-refractivity contribution < 1.29 is 38.9 Å². The van der Waals surface area contributed by atoms with Crippen LogP contribution in [0, 0.1) is 0 Å². The van der Waals surface area contributed by atoms with Gasteiger partial charge < -0.3 is 36.2 Å². The maximum absolute atomic E-state index is 12.5. The summed E-state index contributed by atoms with van der Waals surface area (Å²) in [6.07, 6.45) is -1.28. The standard InChI is InChI=1S/C15H22N7O8P/c16-7(1-2-11(24)25)15(26)22(31(27,28)29)4-9-8(23)3-10(30-9)21-6-20-12-13(17)18-5-19-14(12)21/h5-10,23H,1-4,16H2,(H,24,25)(H2,17,18,19)(H2,27,28,29)/t7-,8?,9+,10+/m0/s1. The molecule has 0 bridgehead atoms. The number of hydrogen-bond acceptors (Lipinski definition) is 10. The first kappa shape index (κ1) is 23.0. The molecule has 1 unspecified atom stereocenters. The second kappa shape index (κ2) is 8.82. The molecule has 2 aromatic rings. The summed E-state index contributed by atoms with van der Waals surface area (Å²) < 4.78 is 19.3. The van der Waals surface area contributed by atoms with Gasteiger partial charge in [0.15, 0.2) is 11.5 Å². The number of aliphatic carboxylic acids is 1. The number of amides is 1. The van der Waals surface area contributed by atoms with E-state index in [1.165, 1.54) is 17.2 Å². The summed E-state index contributed by atoms with van der Waals surface area (Å²) in [5.41, 5.74) is 12.0. The van der Waals surface area contributed by atoms with Crippen LogP contribution in [-0.2, 0) is 18.9 Å². The number of carbonyl (C=O) groups is 2. The van der Waals surface area contributed by atoms with Gasteiger partial charge in [-0.15, -0.1) is 0 Å². The summed E-state index contributed by atoms with van der Waals surface area (Å²) in [7, 11) is -5.13. The van der Waals surface area contributed by atoms with Gasteiger partial charge in [0.05, 0.1) is 25.0 Å². The molecule has 16 heteroatoms. The molecule has 1 aliphatic heterocycles. The minimum Gasteiger partial charge on any atom is -0.481 e. The number of aliphatic hydroxyl groups excluding tert-OH is 1. The van der Waals surface area contributed by atoms with E-state index in [0.717, 1.165) is 0 Å². The Balaban J connectivity index is 1.76. The Morgan fingerprint density at radius 2 is 2.06 bits per heavy atom. The molecule has 3 heterocycles. The lowest BCUT2D eigenvalue weighted by molar-refractivity contribution is -0.137. The number of aromatic nitrogens is 4. The van der Waals surface area contributed by atoms with Crippen molar-refractivity contribution in [2.24, 2.45) is 5.73 Å².